The van der Waals surface area contributed by atoms with Crippen LogP contribution in [-0.4, -0.2) is 45.9 Å². The normalized spacial score (nSPS) is 16.4. The first kappa shape index (κ1) is 20.3. The molecule has 1 heterocycles. The Morgan fingerprint density at radius 2 is 1.93 bits per heavy atom. The minimum Gasteiger partial charge on any atom is -0.497 e. The highest BCUT2D eigenvalue weighted by atomic mass is 32.2. The Morgan fingerprint density at radius 3 is 2.69 bits per heavy atom. The fourth-order valence-corrected chi connectivity index (χ4v) is 3.87. The summed E-state index contributed by atoms with van der Waals surface area (Å²) in [6, 6.07) is 12.0. The van der Waals surface area contributed by atoms with E-state index in [2.05, 4.69) is 15.0 Å². The second-order valence-corrected chi connectivity index (χ2v) is 7.79. The van der Waals surface area contributed by atoms with Gasteiger partial charge in [-0.3, -0.25) is 14.5 Å². The molecule has 0 aromatic heterocycles. The molecular formula is C19H19N3O6S. The molecule has 2 aromatic carbocycles. The number of esters is 1. The number of nitrogens with one attached hydrogen (secondary N) is 2. The summed E-state index contributed by atoms with van der Waals surface area (Å²) in [6.45, 7) is 0.943. The number of anilines is 1. The summed E-state index contributed by atoms with van der Waals surface area (Å²) in [6.07, 6.45) is 0. The number of hydrogen-bond donors (Lipinski definition) is 2. The maximum absolute atomic E-state index is 12.2. The summed E-state index contributed by atoms with van der Waals surface area (Å²) >= 11 is 0. The van der Waals surface area contributed by atoms with Crippen LogP contribution in [0.4, 0.5) is 5.69 Å². The SMILES string of the molecule is COc1cccc(NC(=O)COC(=O)[C@H](C)N=C2NS(=O)(=O)c3ccccc32)c1. The molecule has 0 spiro atoms. The molecule has 0 saturated heterocycles. The second kappa shape index (κ2) is 8.31. The van der Waals surface area contributed by atoms with Crippen molar-refractivity contribution in [2.45, 2.75) is 17.9 Å². The van der Waals surface area contributed by atoms with Gasteiger partial charge >= 0.3 is 5.97 Å². The van der Waals surface area contributed by atoms with Gasteiger partial charge in [0.05, 0.1) is 12.0 Å². The van der Waals surface area contributed by atoms with Gasteiger partial charge < -0.3 is 14.8 Å². The second-order valence-electron chi connectivity index (χ2n) is 6.14. The number of carbonyl (C=O) groups is 2. The summed E-state index contributed by atoms with van der Waals surface area (Å²) in [5.41, 5.74) is 0.874. The lowest BCUT2D eigenvalue weighted by Crippen LogP contribution is -2.28. The van der Waals surface area contributed by atoms with Crippen LogP contribution in [0.2, 0.25) is 0 Å². The van der Waals surface area contributed by atoms with Gasteiger partial charge in [-0.15, -0.1) is 0 Å². The molecule has 152 valence electrons. The lowest BCUT2D eigenvalue weighted by molar-refractivity contribution is -0.148. The van der Waals surface area contributed by atoms with Crippen LogP contribution in [0.15, 0.2) is 58.4 Å². The number of carbonyl (C=O) groups excluding carboxylic acids is 2. The van der Waals surface area contributed by atoms with Gasteiger partial charge in [-0.05, 0) is 31.2 Å². The number of ether oxygens (including phenoxy) is 2. The van der Waals surface area contributed by atoms with Crippen molar-refractivity contribution in [1.29, 1.82) is 0 Å². The predicted molar refractivity (Wildman–Crippen MR) is 105 cm³/mol. The number of fused-ring (bicyclic) bond motifs is 1. The molecule has 29 heavy (non-hydrogen) atoms. The van der Waals surface area contributed by atoms with Crippen LogP contribution in [0, 0.1) is 0 Å². The molecule has 1 aliphatic rings. The number of rotatable bonds is 6. The molecule has 3 rings (SSSR count). The Bertz CT molecular complexity index is 1080. The molecule has 0 unspecified atom stereocenters. The molecule has 1 atom stereocenters. The average molecular weight is 417 g/mol. The smallest absolute Gasteiger partial charge is 0.331 e. The van der Waals surface area contributed by atoms with Crippen LogP contribution in [0.1, 0.15) is 12.5 Å². The monoisotopic (exact) mass is 417 g/mol. The van der Waals surface area contributed by atoms with E-state index < -0.39 is 34.5 Å². The standard InChI is InChI=1S/C19H19N3O6S/c1-12(20-18-15-8-3-4-9-16(15)29(25,26)22-18)19(24)28-11-17(23)21-13-6-5-7-14(10-13)27-2/h3-10,12H,11H2,1-2H3,(H,20,22)(H,21,23)/t12-/m0/s1. The van der Waals surface area contributed by atoms with Gasteiger partial charge in [0.1, 0.15) is 17.6 Å². The molecule has 0 saturated carbocycles. The summed E-state index contributed by atoms with van der Waals surface area (Å²) in [5.74, 6) is -0.658. The third kappa shape index (κ3) is 4.72. The number of amidine groups is 1. The van der Waals surface area contributed by atoms with E-state index in [-0.39, 0.29) is 10.7 Å². The number of benzene rings is 2. The first-order valence-electron chi connectivity index (χ1n) is 8.61. The minimum atomic E-state index is -3.70. The zero-order valence-corrected chi connectivity index (χ0v) is 16.5. The lowest BCUT2D eigenvalue weighted by atomic mass is 10.2. The maximum Gasteiger partial charge on any atom is 0.331 e. The van der Waals surface area contributed by atoms with Crippen LogP contribution in [0.5, 0.6) is 5.75 Å². The number of aliphatic imine (C=N–C) groups is 1. The van der Waals surface area contributed by atoms with Crippen molar-refractivity contribution in [2.24, 2.45) is 4.99 Å². The van der Waals surface area contributed by atoms with Gasteiger partial charge in [-0.2, -0.15) is 0 Å². The van der Waals surface area contributed by atoms with E-state index >= 15 is 0 Å². The maximum atomic E-state index is 12.2. The third-order valence-electron chi connectivity index (χ3n) is 4.03. The zero-order chi connectivity index (χ0) is 21.0. The molecule has 2 N–H and O–H groups in total. The summed E-state index contributed by atoms with van der Waals surface area (Å²) in [7, 11) is -2.19. The highest BCUT2D eigenvalue weighted by Crippen LogP contribution is 2.22. The Morgan fingerprint density at radius 1 is 1.17 bits per heavy atom. The van der Waals surface area contributed by atoms with Gasteiger partial charge in [0.25, 0.3) is 15.9 Å². The molecule has 2 aromatic rings. The van der Waals surface area contributed by atoms with Crippen LogP contribution in [0.3, 0.4) is 0 Å². The number of hydrogen-bond acceptors (Lipinski definition) is 7. The van der Waals surface area contributed by atoms with Gasteiger partial charge in [-0.1, -0.05) is 18.2 Å². The number of methoxy groups -OCH3 is 1. The van der Waals surface area contributed by atoms with Crippen molar-refractivity contribution in [3.8, 4) is 5.75 Å². The van der Waals surface area contributed by atoms with Crippen molar-refractivity contribution >= 4 is 33.4 Å². The van der Waals surface area contributed by atoms with Crippen LogP contribution in [-0.2, 0) is 24.3 Å². The molecule has 1 aliphatic heterocycles. The molecule has 1 amide bonds. The highest BCUT2D eigenvalue weighted by Gasteiger charge is 2.31. The largest absolute Gasteiger partial charge is 0.497 e. The Labute approximate surface area is 167 Å². The molecule has 0 fully saturated rings. The first-order chi connectivity index (χ1) is 13.8. The fraction of sp³-hybridized carbons (Fsp3) is 0.211. The van der Waals surface area contributed by atoms with E-state index in [4.69, 9.17) is 9.47 Å². The van der Waals surface area contributed by atoms with E-state index in [0.29, 0.717) is 17.0 Å². The van der Waals surface area contributed by atoms with Crippen LogP contribution >= 0.6 is 0 Å². The lowest BCUT2D eigenvalue weighted by Gasteiger charge is -2.10. The molecule has 10 heteroatoms. The Hall–Kier alpha value is -3.40. The number of nitrogens with zero attached hydrogens (tertiary/aromatic N) is 1. The highest BCUT2D eigenvalue weighted by molar-refractivity contribution is 7.90. The Kier molecular flexibility index (Phi) is 5.83. The molecule has 0 bridgehead atoms. The van der Waals surface area contributed by atoms with E-state index in [9.17, 15) is 18.0 Å². The van der Waals surface area contributed by atoms with Gasteiger partial charge in [0.15, 0.2) is 6.61 Å². The number of sulfonamides is 1. The van der Waals surface area contributed by atoms with Crippen molar-refractivity contribution in [1.82, 2.24) is 4.72 Å². The molecule has 0 radical (unpaired) electrons. The average Bonchev–Trinajstić information content (AvgIpc) is 2.96. The third-order valence-corrected chi connectivity index (χ3v) is 5.42. The number of amides is 1. The van der Waals surface area contributed by atoms with E-state index in [1.807, 2.05) is 0 Å². The Balaban J connectivity index is 1.60. The molecular weight excluding hydrogens is 398 g/mol. The van der Waals surface area contributed by atoms with Crippen molar-refractivity contribution in [3.05, 3.63) is 54.1 Å². The van der Waals surface area contributed by atoms with Crippen molar-refractivity contribution in [3.63, 3.8) is 0 Å². The minimum absolute atomic E-state index is 0.0610. The van der Waals surface area contributed by atoms with E-state index in [1.165, 1.54) is 20.1 Å². The first-order valence-corrected chi connectivity index (χ1v) is 10.1. The predicted octanol–water partition coefficient (Wildman–Crippen LogP) is 1.30. The summed E-state index contributed by atoms with van der Waals surface area (Å²) in [4.78, 5) is 28.3. The molecule has 0 aliphatic carbocycles. The van der Waals surface area contributed by atoms with Crippen LogP contribution < -0.4 is 14.8 Å². The van der Waals surface area contributed by atoms with Crippen molar-refractivity contribution < 1.29 is 27.5 Å². The van der Waals surface area contributed by atoms with E-state index in [1.54, 1.807) is 42.5 Å². The molecule has 9 nitrogen and oxygen atoms in total. The van der Waals surface area contributed by atoms with E-state index in [0.717, 1.165) is 0 Å². The summed E-state index contributed by atoms with van der Waals surface area (Å²) in [5, 5.41) is 2.58. The summed E-state index contributed by atoms with van der Waals surface area (Å²) < 4.78 is 36.5. The topological polar surface area (TPSA) is 123 Å². The quantitative estimate of drug-likeness (QED) is 0.683. The van der Waals surface area contributed by atoms with Crippen molar-refractivity contribution in [2.75, 3.05) is 19.0 Å². The zero-order valence-electron chi connectivity index (χ0n) is 15.7. The van der Waals surface area contributed by atoms with Crippen LogP contribution in [0.25, 0.3) is 0 Å². The van der Waals surface area contributed by atoms with Gasteiger partial charge in [0, 0.05) is 17.3 Å². The van der Waals surface area contributed by atoms with Gasteiger partial charge in [0.2, 0.25) is 0 Å². The van der Waals surface area contributed by atoms with Gasteiger partial charge in [-0.25, -0.2) is 13.2 Å². The fourth-order valence-electron chi connectivity index (χ4n) is 2.63.